The largest absolute Gasteiger partial charge is 0.492 e. The van der Waals surface area contributed by atoms with Crippen molar-refractivity contribution in [2.45, 2.75) is 33.3 Å². The van der Waals surface area contributed by atoms with E-state index in [-0.39, 0.29) is 18.4 Å². The van der Waals surface area contributed by atoms with Crippen LogP contribution in [0, 0.1) is 0 Å². The molecule has 26 heavy (non-hydrogen) atoms. The summed E-state index contributed by atoms with van der Waals surface area (Å²) in [7, 11) is 1.59. The Bertz CT molecular complexity index is 588. The van der Waals surface area contributed by atoms with Crippen LogP contribution in [0.25, 0.3) is 0 Å². The molecular weight excluding hydrogens is 336 g/mol. The molecule has 7 nitrogen and oxygen atoms in total. The molecule has 1 aliphatic heterocycles. The molecule has 0 spiro atoms. The molecule has 0 radical (unpaired) electrons. The second-order valence-corrected chi connectivity index (χ2v) is 6.08. The van der Waals surface area contributed by atoms with Gasteiger partial charge < -0.3 is 29.2 Å². The number of nitrogens with one attached hydrogen (secondary N) is 1. The van der Waals surface area contributed by atoms with Gasteiger partial charge in [-0.3, -0.25) is 4.79 Å². The maximum atomic E-state index is 12.3. The van der Waals surface area contributed by atoms with Gasteiger partial charge in [0, 0.05) is 32.3 Å². The summed E-state index contributed by atoms with van der Waals surface area (Å²) >= 11 is 0. The molecule has 1 unspecified atom stereocenters. The second-order valence-electron chi connectivity index (χ2n) is 6.08. The molecule has 0 aliphatic carbocycles. The van der Waals surface area contributed by atoms with Crippen molar-refractivity contribution in [1.82, 2.24) is 0 Å². The van der Waals surface area contributed by atoms with Gasteiger partial charge in [-0.15, -0.1) is 0 Å². The number of morpholine rings is 1. The number of rotatable bonds is 9. The number of hydrogen-bond acceptors (Lipinski definition) is 6. The van der Waals surface area contributed by atoms with E-state index in [4.69, 9.17) is 18.9 Å². The number of carbonyl (C=O) groups is 1. The van der Waals surface area contributed by atoms with Gasteiger partial charge in [0.15, 0.2) is 0 Å². The molecule has 1 atom stereocenters. The molecule has 1 fully saturated rings. The van der Waals surface area contributed by atoms with Crippen LogP contribution in [0.1, 0.15) is 27.2 Å². The summed E-state index contributed by atoms with van der Waals surface area (Å²) in [6, 6.07) is 3.78. The van der Waals surface area contributed by atoms with E-state index in [1.165, 1.54) is 0 Å². The first-order chi connectivity index (χ1) is 12.6. The van der Waals surface area contributed by atoms with Gasteiger partial charge in [-0.25, -0.2) is 0 Å². The Morgan fingerprint density at radius 2 is 1.85 bits per heavy atom. The van der Waals surface area contributed by atoms with Gasteiger partial charge >= 0.3 is 0 Å². The van der Waals surface area contributed by atoms with Crippen molar-refractivity contribution in [3.63, 3.8) is 0 Å². The van der Waals surface area contributed by atoms with Gasteiger partial charge in [-0.05, 0) is 20.8 Å². The zero-order valence-electron chi connectivity index (χ0n) is 16.2. The summed E-state index contributed by atoms with van der Waals surface area (Å²) in [6.07, 6.45) is 0.126. The van der Waals surface area contributed by atoms with Crippen molar-refractivity contribution < 1.29 is 23.7 Å². The topological polar surface area (TPSA) is 69.3 Å². The Balaban J connectivity index is 2.30. The van der Waals surface area contributed by atoms with Crippen LogP contribution in [-0.2, 0) is 14.3 Å². The van der Waals surface area contributed by atoms with E-state index in [9.17, 15) is 4.79 Å². The maximum Gasteiger partial charge on any atom is 0.227 e. The molecular formula is C19H30N2O5. The number of methoxy groups -OCH3 is 1. The highest BCUT2D eigenvalue weighted by atomic mass is 16.5. The van der Waals surface area contributed by atoms with Crippen LogP contribution in [0.3, 0.4) is 0 Å². The van der Waals surface area contributed by atoms with Crippen LogP contribution in [0.2, 0.25) is 0 Å². The second kappa shape index (κ2) is 10.2. The number of ether oxygens (including phenoxy) is 4. The van der Waals surface area contributed by atoms with Crippen molar-refractivity contribution in [1.29, 1.82) is 0 Å². The smallest absolute Gasteiger partial charge is 0.227 e. The number of nitrogens with zero attached hydrogens (tertiary/aromatic N) is 1. The molecule has 1 heterocycles. The van der Waals surface area contributed by atoms with Gasteiger partial charge in [0.25, 0.3) is 0 Å². The zero-order valence-corrected chi connectivity index (χ0v) is 16.2. The molecule has 1 aromatic carbocycles. The lowest BCUT2D eigenvalue weighted by Crippen LogP contribution is -2.36. The first-order valence-corrected chi connectivity index (χ1v) is 9.18. The average molecular weight is 366 g/mol. The lowest BCUT2D eigenvalue weighted by molar-refractivity contribution is -0.118. The van der Waals surface area contributed by atoms with Crippen molar-refractivity contribution in [2.75, 3.05) is 56.8 Å². The summed E-state index contributed by atoms with van der Waals surface area (Å²) in [4.78, 5) is 14.5. The minimum atomic E-state index is -0.149. The third kappa shape index (κ3) is 5.51. The summed E-state index contributed by atoms with van der Waals surface area (Å²) in [6.45, 7) is 9.72. The quantitative estimate of drug-likeness (QED) is 0.725. The predicted molar refractivity (Wildman–Crippen MR) is 102 cm³/mol. The monoisotopic (exact) mass is 366 g/mol. The molecule has 2 rings (SSSR count). The Labute approximate surface area is 155 Å². The number of anilines is 2. The fourth-order valence-corrected chi connectivity index (χ4v) is 2.79. The van der Waals surface area contributed by atoms with Crippen LogP contribution >= 0.6 is 0 Å². The Morgan fingerprint density at radius 1 is 1.19 bits per heavy atom. The van der Waals surface area contributed by atoms with Gasteiger partial charge in [-0.2, -0.15) is 0 Å². The normalized spacial score (nSPS) is 15.5. The summed E-state index contributed by atoms with van der Waals surface area (Å²) < 4.78 is 22.2. The van der Waals surface area contributed by atoms with Crippen LogP contribution in [-0.4, -0.2) is 58.6 Å². The van der Waals surface area contributed by atoms with Crippen LogP contribution in [0.5, 0.6) is 11.5 Å². The minimum absolute atomic E-state index is 0.123. The van der Waals surface area contributed by atoms with E-state index in [0.717, 1.165) is 24.5 Å². The number of carbonyl (C=O) groups excluding carboxylic acids is 1. The fraction of sp³-hybridized carbons (Fsp3) is 0.632. The third-order valence-electron chi connectivity index (χ3n) is 4.16. The molecule has 146 valence electrons. The molecule has 1 amide bonds. The van der Waals surface area contributed by atoms with E-state index in [1.54, 1.807) is 7.11 Å². The molecule has 1 aromatic rings. The zero-order chi connectivity index (χ0) is 18.9. The Hall–Kier alpha value is -1.99. The molecule has 0 saturated carbocycles. The van der Waals surface area contributed by atoms with Gasteiger partial charge in [0.05, 0.1) is 50.3 Å². The molecule has 0 bridgehead atoms. The summed E-state index contributed by atoms with van der Waals surface area (Å²) in [5.41, 5.74) is 1.57. The van der Waals surface area contributed by atoms with Crippen molar-refractivity contribution in [3.05, 3.63) is 12.1 Å². The predicted octanol–water partition coefficient (Wildman–Crippen LogP) is 2.68. The molecule has 7 heteroatoms. The van der Waals surface area contributed by atoms with Gasteiger partial charge in [0.1, 0.15) is 11.5 Å². The van der Waals surface area contributed by atoms with Crippen LogP contribution < -0.4 is 19.7 Å². The van der Waals surface area contributed by atoms with E-state index in [1.807, 2.05) is 32.9 Å². The lowest BCUT2D eigenvalue weighted by atomic mass is 10.2. The number of benzene rings is 1. The lowest BCUT2D eigenvalue weighted by Gasteiger charge is -2.31. The Kier molecular flexibility index (Phi) is 8.00. The van der Waals surface area contributed by atoms with Gasteiger partial charge in [0.2, 0.25) is 5.91 Å². The van der Waals surface area contributed by atoms with Crippen molar-refractivity contribution >= 4 is 17.3 Å². The maximum absolute atomic E-state index is 12.3. The van der Waals surface area contributed by atoms with Crippen LogP contribution in [0.15, 0.2) is 12.1 Å². The highest BCUT2D eigenvalue weighted by molar-refractivity contribution is 5.93. The third-order valence-corrected chi connectivity index (χ3v) is 4.16. The highest BCUT2D eigenvalue weighted by Gasteiger charge is 2.20. The number of amides is 1. The van der Waals surface area contributed by atoms with E-state index < -0.39 is 0 Å². The van der Waals surface area contributed by atoms with Crippen molar-refractivity contribution in [2.24, 2.45) is 0 Å². The SMILES string of the molecule is CCOc1cc(N2CCOCC2)c(OCC)cc1NC(=O)CC(C)OC. The van der Waals surface area contributed by atoms with Gasteiger partial charge in [-0.1, -0.05) is 0 Å². The van der Waals surface area contributed by atoms with E-state index in [0.29, 0.717) is 37.9 Å². The summed E-state index contributed by atoms with van der Waals surface area (Å²) in [5.74, 6) is 1.24. The first kappa shape index (κ1) is 20.3. The molecule has 1 aliphatic rings. The standard InChI is InChI=1S/C19H30N2O5/c1-5-25-17-13-16(21-7-9-24-10-8-21)18(26-6-2)12-15(17)20-19(22)11-14(3)23-4/h12-14H,5-11H2,1-4H3,(H,20,22). The van der Waals surface area contributed by atoms with E-state index >= 15 is 0 Å². The molecule has 1 N–H and O–H groups in total. The molecule has 1 saturated heterocycles. The first-order valence-electron chi connectivity index (χ1n) is 9.18. The average Bonchev–Trinajstić information content (AvgIpc) is 2.64. The summed E-state index contributed by atoms with van der Waals surface area (Å²) in [5, 5.41) is 2.92. The fourth-order valence-electron chi connectivity index (χ4n) is 2.79. The van der Waals surface area contributed by atoms with Crippen LogP contribution in [0.4, 0.5) is 11.4 Å². The van der Waals surface area contributed by atoms with Crippen molar-refractivity contribution in [3.8, 4) is 11.5 Å². The highest BCUT2D eigenvalue weighted by Crippen LogP contribution is 2.39. The Morgan fingerprint density at radius 3 is 2.46 bits per heavy atom. The molecule has 0 aromatic heterocycles. The van der Waals surface area contributed by atoms with E-state index in [2.05, 4.69) is 10.2 Å². The number of hydrogen-bond donors (Lipinski definition) is 1. The minimum Gasteiger partial charge on any atom is -0.492 e.